The monoisotopic (exact) mass is 301 g/mol. The summed E-state index contributed by atoms with van der Waals surface area (Å²) in [5.41, 5.74) is 0. The lowest BCUT2D eigenvalue weighted by Crippen LogP contribution is -2.24. The fourth-order valence-corrected chi connectivity index (χ4v) is 2.35. The van der Waals surface area contributed by atoms with Crippen molar-refractivity contribution in [3.63, 3.8) is 0 Å². The van der Waals surface area contributed by atoms with Crippen LogP contribution in [0.1, 0.15) is 12.7 Å². The smallest absolute Gasteiger partial charge is 0.400 e. The van der Waals surface area contributed by atoms with Crippen LogP contribution in [0.3, 0.4) is 0 Å². The topological polar surface area (TPSA) is 101 Å². The maximum atomic E-state index is 10.5. The van der Waals surface area contributed by atoms with Crippen LogP contribution in [0.15, 0.2) is 21.7 Å². The van der Waals surface area contributed by atoms with Gasteiger partial charge in [-0.2, -0.15) is 16.9 Å². The van der Waals surface area contributed by atoms with E-state index in [4.69, 9.17) is 9.15 Å². The molecule has 2 rings (SSSR count). The Hall–Kier alpha value is -1.58. The van der Waals surface area contributed by atoms with Gasteiger partial charge in [-0.05, 0) is 11.8 Å². The number of nitrogens with zero attached hydrogens (tertiary/aromatic N) is 3. The van der Waals surface area contributed by atoms with E-state index in [0.717, 1.165) is 11.5 Å². The molecule has 1 fully saturated rings. The number of aliphatic hydroxyl groups excluding tert-OH is 1. The Labute approximate surface area is 119 Å². The molecule has 0 radical (unpaired) electrons. The first-order valence-corrected chi connectivity index (χ1v) is 7.21. The average molecular weight is 301 g/mol. The molecule has 0 aliphatic carbocycles. The quantitative estimate of drug-likeness (QED) is 0.479. The largest absolute Gasteiger partial charge is 0.433 e. The number of hydrazone groups is 1. The predicted octanol–water partition coefficient (Wildman–Crippen LogP) is 1.25. The molecule has 110 valence electrons. The van der Waals surface area contributed by atoms with Crippen LogP contribution in [0.5, 0.6) is 0 Å². The van der Waals surface area contributed by atoms with Crippen LogP contribution < -0.4 is 0 Å². The van der Waals surface area contributed by atoms with Crippen molar-refractivity contribution in [2.75, 3.05) is 18.1 Å². The van der Waals surface area contributed by atoms with E-state index in [0.29, 0.717) is 6.54 Å². The molecule has 2 unspecified atom stereocenters. The van der Waals surface area contributed by atoms with Gasteiger partial charge in [-0.1, -0.05) is 6.92 Å². The molecular formula is C11H15N3O5S. The molecule has 0 spiro atoms. The van der Waals surface area contributed by atoms with Crippen molar-refractivity contribution < 1.29 is 19.2 Å². The number of aliphatic hydroxyl groups is 1. The van der Waals surface area contributed by atoms with Crippen LogP contribution >= 0.6 is 11.8 Å². The van der Waals surface area contributed by atoms with E-state index in [2.05, 4.69) is 12.0 Å². The first kappa shape index (κ1) is 14.8. The van der Waals surface area contributed by atoms with E-state index in [1.807, 2.05) is 0 Å². The van der Waals surface area contributed by atoms with Gasteiger partial charge in [0.2, 0.25) is 0 Å². The van der Waals surface area contributed by atoms with E-state index >= 15 is 0 Å². The molecule has 1 aliphatic heterocycles. The molecule has 9 heteroatoms. The maximum Gasteiger partial charge on any atom is 0.433 e. The Bertz CT molecular complexity index is 492. The van der Waals surface area contributed by atoms with Gasteiger partial charge in [-0.15, -0.1) is 0 Å². The van der Waals surface area contributed by atoms with Gasteiger partial charge in [0.25, 0.3) is 6.41 Å². The zero-order chi connectivity index (χ0) is 14.5. The van der Waals surface area contributed by atoms with Crippen molar-refractivity contribution in [2.24, 2.45) is 5.10 Å². The van der Waals surface area contributed by atoms with Gasteiger partial charge < -0.3 is 14.3 Å². The van der Waals surface area contributed by atoms with Gasteiger partial charge >= 0.3 is 5.88 Å². The second-order valence-electron chi connectivity index (χ2n) is 4.04. The van der Waals surface area contributed by atoms with Gasteiger partial charge in [-0.25, -0.2) is 5.01 Å². The summed E-state index contributed by atoms with van der Waals surface area (Å²) in [6.07, 6.45) is 0.131. The SMILES string of the molecule is CCSCC1CN(/N=C/c2ccc([N+](=O)[O-])o2)C(O)O1. The summed E-state index contributed by atoms with van der Waals surface area (Å²) in [4.78, 5) is 9.84. The molecule has 2 atom stereocenters. The minimum atomic E-state index is -1.10. The lowest BCUT2D eigenvalue weighted by atomic mass is 10.4. The summed E-state index contributed by atoms with van der Waals surface area (Å²) >= 11 is 1.72. The van der Waals surface area contributed by atoms with Crippen LogP contribution in [0.2, 0.25) is 0 Å². The highest BCUT2D eigenvalue weighted by Gasteiger charge is 2.30. The molecule has 1 N–H and O–H groups in total. The standard InChI is InChI=1S/C11H15N3O5S/c1-2-20-7-9-6-13(11(15)19-9)12-5-8-3-4-10(18-8)14(16)17/h3-5,9,11,15H,2,6-7H2,1H3/b12-5+. The third-order valence-electron chi connectivity index (χ3n) is 2.59. The maximum absolute atomic E-state index is 10.5. The van der Waals surface area contributed by atoms with E-state index in [1.54, 1.807) is 11.8 Å². The molecule has 2 heterocycles. The van der Waals surface area contributed by atoms with E-state index in [1.165, 1.54) is 23.4 Å². The first-order chi connectivity index (χ1) is 9.60. The van der Waals surface area contributed by atoms with Gasteiger partial charge in [0.1, 0.15) is 4.92 Å². The zero-order valence-corrected chi connectivity index (χ0v) is 11.7. The van der Waals surface area contributed by atoms with Crippen molar-refractivity contribution >= 4 is 23.9 Å². The highest BCUT2D eigenvalue weighted by molar-refractivity contribution is 7.99. The zero-order valence-electron chi connectivity index (χ0n) is 10.8. The third-order valence-corrected chi connectivity index (χ3v) is 3.61. The van der Waals surface area contributed by atoms with Crippen molar-refractivity contribution in [1.82, 2.24) is 5.01 Å². The van der Waals surface area contributed by atoms with Crippen molar-refractivity contribution in [3.8, 4) is 0 Å². The second kappa shape index (κ2) is 6.73. The molecule has 0 amide bonds. The van der Waals surface area contributed by atoms with Crippen LogP contribution in [0.4, 0.5) is 5.88 Å². The van der Waals surface area contributed by atoms with Gasteiger partial charge in [-0.3, -0.25) is 10.1 Å². The summed E-state index contributed by atoms with van der Waals surface area (Å²) < 4.78 is 10.2. The molecule has 1 aliphatic rings. The molecule has 1 aromatic rings. The van der Waals surface area contributed by atoms with Crippen LogP contribution in [0, 0.1) is 10.1 Å². The Balaban J connectivity index is 1.91. The molecule has 0 saturated carbocycles. The van der Waals surface area contributed by atoms with E-state index in [9.17, 15) is 15.2 Å². The Morgan fingerprint density at radius 2 is 2.50 bits per heavy atom. The predicted molar refractivity (Wildman–Crippen MR) is 73.5 cm³/mol. The number of nitro groups is 1. The molecular weight excluding hydrogens is 286 g/mol. The van der Waals surface area contributed by atoms with Crippen molar-refractivity contribution in [1.29, 1.82) is 0 Å². The Morgan fingerprint density at radius 1 is 1.70 bits per heavy atom. The Morgan fingerprint density at radius 3 is 3.15 bits per heavy atom. The highest BCUT2D eigenvalue weighted by Crippen LogP contribution is 2.19. The number of ether oxygens (including phenoxy) is 1. The molecule has 1 aromatic heterocycles. The molecule has 20 heavy (non-hydrogen) atoms. The number of thioether (sulfide) groups is 1. The summed E-state index contributed by atoms with van der Waals surface area (Å²) in [5, 5.41) is 25.5. The van der Waals surface area contributed by atoms with E-state index < -0.39 is 11.3 Å². The van der Waals surface area contributed by atoms with Crippen LogP contribution in [-0.2, 0) is 4.74 Å². The van der Waals surface area contributed by atoms with Crippen LogP contribution in [0.25, 0.3) is 0 Å². The van der Waals surface area contributed by atoms with Crippen molar-refractivity contribution in [3.05, 3.63) is 28.0 Å². The number of hydrogen-bond donors (Lipinski definition) is 1. The third kappa shape index (κ3) is 3.71. The summed E-state index contributed by atoms with van der Waals surface area (Å²) in [6.45, 7) is 2.52. The van der Waals surface area contributed by atoms with Crippen molar-refractivity contribution in [2.45, 2.75) is 19.4 Å². The number of furan rings is 1. The highest BCUT2D eigenvalue weighted by atomic mass is 32.2. The number of rotatable bonds is 6. The van der Waals surface area contributed by atoms with Gasteiger partial charge in [0.05, 0.1) is 24.9 Å². The Kier molecular flexibility index (Phi) is 4.99. The van der Waals surface area contributed by atoms with E-state index in [-0.39, 0.29) is 17.7 Å². The molecule has 1 saturated heterocycles. The molecule has 8 nitrogen and oxygen atoms in total. The normalized spacial score (nSPS) is 22.8. The van der Waals surface area contributed by atoms with Gasteiger partial charge in [0.15, 0.2) is 5.76 Å². The fraction of sp³-hybridized carbons (Fsp3) is 0.545. The lowest BCUT2D eigenvalue weighted by molar-refractivity contribution is -0.402. The minimum Gasteiger partial charge on any atom is -0.400 e. The second-order valence-corrected chi connectivity index (χ2v) is 5.36. The minimum absolute atomic E-state index is 0.0852. The summed E-state index contributed by atoms with van der Waals surface area (Å²) in [7, 11) is 0. The first-order valence-electron chi connectivity index (χ1n) is 6.06. The van der Waals surface area contributed by atoms with Crippen LogP contribution in [-0.4, -0.2) is 51.8 Å². The average Bonchev–Trinajstić information content (AvgIpc) is 3.01. The summed E-state index contributed by atoms with van der Waals surface area (Å²) in [6, 6.07) is 2.69. The molecule has 0 bridgehead atoms. The lowest BCUT2D eigenvalue weighted by Gasteiger charge is -2.12. The number of hydrogen-bond acceptors (Lipinski definition) is 8. The fourth-order valence-electron chi connectivity index (χ4n) is 1.67. The molecule has 0 aromatic carbocycles. The van der Waals surface area contributed by atoms with Gasteiger partial charge in [0, 0.05) is 5.75 Å². The summed E-state index contributed by atoms with van der Waals surface area (Å²) in [5.74, 6) is 1.67.